The smallest absolute Gasteiger partial charge is 0.332 e. The van der Waals surface area contributed by atoms with Crippen LogP contribution < -0.4 is 4.74 Å². The van der Waals surface area contributed by atoms with E-state index in [9.17, 15) is 4.79 Å². The Balaban J connectivity index is 1.86. The summed E-state index contributed by atoms with van der Waals surface area (Å²) in [5, 5.41) is 10.9. The van der Waals surface area contributed by atoms with Gasteiger partial charge < -0.3 is 14.6 Å². The Hall–Kier alpha value is -2.07. The number of fused-ring (bicyclic) bond motifs is 1. The predicted molar refractivity (Wildman–Crippen MR) is 72.5 cm³/mol. The number of hydrogen-bond donors (Lipinski definition) is 1. The number of aliphatic carboxylic acids is 1. The summed E-state index contributed by atoms with van der Waals surface area (Å²) in [5.41, 5.74) is 0. The number of carbonyl (C=O) groups is 1. The summed E-state index contributed by atoms with van der Waals surface area (Å²) in [5.74, 6) is -0.212. The summed E-state index contributed by atoms with van der Waals surface area (Å²) < 4.78 is 10.6. The molecular weight excluding hydrogens is 244 g/mol. The molecule has 0 saturated carbocycles. The molecule has 0 amide bonds. The fourth-order valence-electron chi connectivity index (χ4n) is 1.71. The molecule has 2 rings (SSSR count). The summed E-state index contributed by atoms with van der Waals surface area (Å²) in [6, 6.07) is 13.9. The van der Waals surface area contributed by atoms with Gasteiger partial charge in [0.05, 0.1) is 6.61 Å². The third-order valence-electron chi connectivity index (χ3n) is 2.79. The van der Waals surface area contributed by atoms with Crippen LogP contribution in [0.25, 0.3) is 10.8 Å². The lowest BCUT2D eigenvalue weighted by molar-refractivity contribution is -0.149. The zero-order valence-electron chi connectivity index (χ0n) is 10.7. The van der Waals surface area contributed by atoms with Gasteiger partial charge in [-0.15, -0.1) is 0 Å². The first-order chi connectivity index (χ1) is 9.16. The number of ether oxygens (including phenoxy) is 2. The van der Waals surface area contributed by atoms with E-state index in [0.29, 0.717) is 6.61 Å². The summed E-state index contributed by atoms with van der Waals surface area (Å²) in [6.07, 6.45) is -0.805. The number of benzene rings is 2. The Morgan fingerprint density at radius 1 is 1.16 bits per heavy atom. The van der Waals surface area contributed by atoms with Crippen molar-refractivity contribution >= 4 is 16.7 Å². The Bertz CT molecular complexity index is 565. The van der Waals surface area contributed by atoms with Gasteiger partial charge >= 0.3 is 5.97 Å². The Labute approximate surface area is 111 Å². The molecular formula is C15H16O4. The van der Waals surface area contributed by atoms with Crippen molar-refractivity contribution in [3.05, 3.63) is 42.5 Å². The molecule has 1 N–H and O–H groups in total. The van der Waals surface area contributed by atoms with Gasteiger partial charge in [0.2, 0.25) is 0 Å². The third kappa shape index (κ3) is 3.69. The van der Waals surface area contributed by atoms with E-state index in [4.69, 9.17) is 14.6 Å². The molecule has 0 fully saturated rings. The van der Waals surface area contributed by atoms with Crippen molar-refractivity contribution in [1.82, 2.24) is 0 Å². The fraction of sp³-hybridized carbons (Fsp3) is 0.267. The highest BCUT2D eigenvalue weighted by molar-refractivity contribution is 5.83. The van der Waals surface area contributed by atoms with Gasteiger partial charge in [0.25, 0.3) is 0 Å². The van der Waals surface area contributed by atoms with Crippen molar-refractivity contribution in [2.45, 2.75) is 13.0 Å². The van der Waals surface area contributed by atoms with Crippen molar-refractivity contribution in [2.75, 3.05) is 13.2 Å². The molecule has 0 spiro atoms. The van der Waals surface area contributed by atoms with Crippen LogP contribution in [0.1, 0.15) is 6.92 Å². The van der Waals surface area contributed by atoms with Crippen molar-refractivity contribution in [3.63, 3.8) is 0 Å². The second-order valence-corrected chi connectivity index (χ2v) is 4.21. The van der Waals surface area contributed by atoms with Crippen LogP contribution in [-0.4, -0.2) is 30.4 Å². The quantitative estimate of drug-likeness (QED) is 0.811. The normalized spacial score (nSPS) is 12.3. The lowest BCUT2D eigenvalue weighted by atomic mass is 10.1. The van der Waals surface area contributed by atoms with Gasteiger partial charge in [0.15, 0.2) is 6.10 Å². The van der Waals surface area contributed by atoms with E-state index in [2.05, 4.69) is 0 Å². The van der Waals surface area contributed by atoms with Crippen LogP contribution in [0, 0.1) is 0 Å². The molecule has 4 heteroatoms. The number of carboxylic acids is 1. The molecule has 0 aliphatic heterocycles. The monoisotopic (exact) mass is 260 g/mol. The molecule has 0 unspecified atom stereocenters. The fourth-order valence-corrected chi connectivity index (χ4v) is 1.71. The zero-order valence-corrected chi connectivity index (χ0v) is 10.7. The van der Waals surface area contributed by atoms with Crippen LogP contribution >= 0.6 is 0 Å². The highest BCUT2D eigenvalue weighted by Gasteiger charge is 2.10. The molecule has 0 aliphatic rings. The Morgan fingerprint density at radius 2 is 1.89 bits per heavy atom. The molecule has 19 heavy (non-hydrogen) atoms. The largest absolute Gasteiger partial charge is 0.491 e. The summed E-state index contributed by atoms with van der Waals surface area (Å²) in [4.78, 5) is 10.5. The summed E-state index contributed by atoms with van der Waals surface area (Å²) in [6.45, 7) is 2.08. The van der Waals surface area contributed by atoms with E-state index in [0.717, 1.165) is 16.5 Å². The van der Waals surface area contributed by atoms with Crippen LogP contribution in [0.3, 0.4) is 0 Å². The van der Waals surface area contributed by atoms with E-state index in [-0.39, 0.29) is 6.61 Å². The molecule has 1 atom stereocenters. The number of hydrogen-bond acceptors (Lipinski definition) is 3. The SMILES string of the molecule is C[C@@H](OCCOc1ccc2ccccc2c1)C(=O)O. The number of rotatable bonds is 6. The Kier molecular flexibility index (Phi) is 4.36. The average Bonchev–Trinajstić information content (AvgIpc) is 2.43. The molecule has 4 nitrogen and oxygen atoms in total. The summed E-state index contributed by atoms with van der Waals surface area (Å²) in [7, 11) is 0. The van der Waals surface area contributed by atoms with Crippen molar-refractivity contribution in [3.8, 4) is 5.75 Å². The van der Waals surface area contributed by atoms with E-state index in [1.54, 1.807) is 0 Å². The molecule has 0 bridgehead atoms. The molecule has 100 valence electrons. The highest BCUT2D eigenvalue weighted by Crippen LogP contribution is 2.20. The van der Waals surface area contributed by atoms with Gasteiger partial charge in [-0.3, -0.25) is 0 Å². The first kappa shape index (κ1) is 13.4. The van der Waals surface area contributed by atoms with E-state index in [1.807, 2.05) is 42.5 Å². The second kappa shape index (κ2) is 6.20. The molecule has 0 radical (unpaired) electrons. The minimum atomic E-state index is -0.967. The predicted octanol–water partition coefficient (Wildman–Crippen LogP) is 2.71. The minimum absolute atomic E-state index is 0.250. The van der Waals surface area contributed by atoms with E-state index >= 15 is 0 Å². The van der Waals surface area contributed by atoms with Gasteiger partial charge in [-0.25, -0.2) is 4.79 Å². The highest BCUT2D eigenvalue weighted by atomic mass is 16.5. The topological polar surface area (TPSA) is 55.8 Å². The first-order valence-corrected chi connectivity index (χ1v) is 6.13. The van der Waals surface area contributed by atoms with Crippen LogP contribution in [-0.2, 0) is 9.53 Å². The van der Waals surface area contributed by atoms with Crippen LogP contribution in [0.5, 0.6) is 5.75 Å². The second-order valence-electron chi connectivity index (χ2n) is 4.21. The molecule has 0 heterocycles. The van der Waals surface area contributed by atoms with Gasteiger partial charge in [-0.05, 0) is 29.8 Å². The maximum absolute atomic E-state index is 10.5. The third-order valence-corrected chi connectivity index (χ3v) is 2.79. The molecule has 0 aromatic heterocycles. The van der Waals surface area contributed by atoms with Gasteiger partial charge in [0.1, 0.15) is 12.4 Å². The lowest BCUT2D eigenvalue weighted by Crippen LogP contribution is -2.22. The summed E-state index contributed by atoms with van der Waals surface area (Å²) >= 11 is 0. The van der Waals surface area contributed by atoms with Crippen LogP contribution in [0.4, 0.5) is 0 Å². The molecule has 0 aliphatic carbocycles. The maximum Gasteiger partial charge on any atom is 0.332 e. The Morgan fingerprint density at radius 3 is 2.63 bits per heavy atom. The zero-order chi connectivity index (χ0) is 13.7. The van der Waals surface area contributed by atoms with E-state index < -0.39 is 12.1 Å². The first-order valence-electron chi connectivity index (χ1n) is 6.13. The van der Waals surface area contributed by atoms with Gasteiger partial charge in [0, 0.05) is 0 Å². The van der Waals surface area contributed by atoms with E-state index in [1.165, 1.54) is 6.92 Å². The molecule has 2 aromatic rings. The van der Waals surface area contributed by atoms with Gasteiger partial charge in [-0.1, -0.05) is 30.3 Å². The standard InChI is InChI=1S/C15H16O4/c1-11(15(16)17)18-8-9-19-14-7-6-12-4-2-3-5-13(12)10-14/h2-7,10-11H,8-9H2,1H3,(H,16,17)/t11-/m1/s1. The van der Waals surface area contributed by atoms with Crippen LogP contribution in [0.2, 0.25) is 0 Å². The van der Waals surface area contributed by atoms with Gasteiger partial charge in [-0.2, -0.15) is 0 Å². The molecule has 0 saturated heterocycles. The van der Waals surface area contributed by atoms with Crippen molar-refractivity contribution in [1.29, 1.82) is 0 Å². The minimum Gasteiger partial charge on any atom is -0.491 e. The van der Waals surface area contributed by atoms with Crippen LogP contribution in [0.15, 0.2) is 42.5 Å². The van der Waals surface area contributed by atoms with Crippen molar-refractivity contribution < 1.29 is 19.4 Å². The average molecular weight is 260 g/mol. The number of carboxylic acid groups (broad SMARTS) is 1. The van der Waals surface area contributed by atoms with Crippen molar-refractivity contribution in [2.24, 2.45) is 0 Å². The maximum atomic E-state index is 10.5. The lowest BCUT2D eigenvalue weighted by Gasteiger charge is -2.10. The molecule has 2 aromatic carbocycles.